The van der Waals surface area contributed by atoms with Crippen molar-refractivity contribution in [3.05, 3.63) is 62.7 Å². The Morgan fingerprint density at radius 1 is 1.27 bits per heavy atom. The molecule has 0 bridgehead atoms. The highest BCUT2D eigenvalue weighted by Crippen LogP contribution is 2.36. The number of thiazole rings is 1. The highest BCUT2D eigenvalue weighted by molar-refractivity contribution is 7.11. The van der Waals surface area contributed by atoms with Crippen LogP contribution in [0.25, 0.3) is 0 Å². The van der Waals surface area contributed by atoms with Crippen LogP contribution in [0.2, 0.25) is 0 Å². The molecule has 2 atom stereocenters. The second kappa shape index (κ2) is 12.3. The van der Waals surface area contributed by atoms with E-state index in [0.717, 1.165) is 6.07 Å². The Morgan fingerprint density at radius 2 is 2.05 bits per heavy atom. The molecule has 2 fully saturated rings. The third kappa shape index (κ3) is 5.89. The summed E-state index contributed by atoms with van der Waals surface area (Å²) in [4.78, 5) is 52.7. The number of halogens is 2. The molecule has 3 aliphatic rings. The second-order valence-corrected chi connectivity index (χ2v) is 12.3. The SMILES string of the molecule is C#Cc1c(C2N=C(c3nccs3)NC(CN3CCN4C(=O)N(CC(C)(C)C(=O)O)C[C@@H]4C3)=C2C(=O)OCC)ccc(F)c1F. The number of piperazine rings is 1. The van der Waals surface area contributed by atoms with Gasteiger partial charge in [0.2, 0.25) is 0 Å². The van der Waals surface area contributed by atoms with E-state index in [2.05, 4.69) is 21.1 Å². The van der Waals surface area contributed by atoms with Crippen LogP contribution < -0.4 is 5.32 Å². The molecular weight excluding hydrogens is 594 g/mol. The molecule has 232 valence electrons. The average Bonchev–Trinajstić information content (AvgIpc) is 3.62. The zero-order chi connectivity index (χ0) is 31.8. The van der Waals surface area contributed by atoms with Crippen molar-refractivity contribution in [1.29, 1.82) is 0 Å². The number of nitrogens with one attached hydrogen (secondary N) is 1. The second-order valence-electron chi connectivity index (χ2n) is 11.4. The number of aliphatic carboxylic acids is 1. The fourth-order valence-corrected chi connectivity index (χ4v) is 6.26. The van der Waals surface area contributed by atoms with Gasteiger partial charge in [-0.1, -0.05) is 12.0 Å². The number of amidine groups is 1. The number of carbonyl (C=O) groups excluding carboxylic acids is 2. The number of hydrogen-bond donors (Lipinski definition) is 2. The number of hydrogen-bond acceptors (Lipinski definition) is 9. The first-order valence-corrected chi connectivity index (χ1v) is 14.9. The van der Waals surface area contributed by atoms with Crippen LogP contribution in [-0.2, 0) is 14.3 Å². The van der Waals surface area contributed by atoms with Crippen molar-refractivity contribution in [2.24, 2.45) is 10.4 Å². The van der Waals surface area contributed by atoms with Crippen LogP contribution in [0.1, 0.15) is 42.9 Å². The van der Waals surface area contributed by atoms with Crippen molar-refractivity contribution in [2.45, 2.75) is 32.9 Å². The van der Waals surface area contributed by atoms with Gasteiger partial charge in [-0.15, -0.1) is 17.8 Å². The zero-order valence-electron chi connectivity index (χ0n) is 24.5. The molecule has 2 aromatic rings. The van der Waals surface area contributed by atoms with E-state index in [1.54, 1.807) is 42.1 Å². The molecule has 44 heavy (non-hydrogen) atoms. The van der Waals surface area contributed by atoms with Gasteiger partial charge in [0.15, 0.2) is 22.5 Å². The summed E-state index contributed by atoms with van der Waals surface area (Å²) in [6, 6.07) is 0.748. The number of ether oxygens (including phenoxy) is 1. The summed E-state index contributed by atoms with van der Waals surface area (Å²) in [6.07, 6.45) is 7.21. The number of aliphatic imine (C=N–C) groups is 1. The van der Waals surface area contributed by atoms with Gasteiger partial charge >= 0.3 is 18.0 Å². The van der Waals surface area contributed by atoms with E-state index in [-0.39, 0.29) is 48.5 Å². The van der Waals surface area contributed by atoms with Gasteiger partial charge in [-0.25, -0.2) is 23.4 Å². The predicted octanol–water partition coefficient (Wildman–Crippen LogP) is 2.84. The largest absolute Gasteiger partial charge is 0.481 e. The van der Waals surface area contributed by atoms with Crippen LogP contribution in [0.5, 0.6) is 0 Å². The molecule has 11 nitrogen and oxygen atoms in total. The zero-order valence-corrected chi connectivity index (χ0v) is 25.3. The number of nitrogens with zero attached hydrogens (tertiary/aromatic N) is 5. The molecule has 5 rings (SSSR count). The van der Waals surface area contributed by atoms with E-state index in [0.29, 0.717) is 42.7 Å². The Balaban J connectivity index is 1.49. The number of esters is 1. The lowest BCUT2D eigenvalue weighted by Crippen LogP contribution is -2.53. The lowest BCUT2D eigenvalue weighted by molar-refractivity contribution is -0.147. The lowest BCUT2D eigenvalue weighted by atomic mass is 9.91. The quantitative estimate of drug-likeness (QED) is 0.322. The number of carboxylic acids is 1. The van der Waals surface area contributed by atoms with Crippen molar-refractivity contribution in [3.8, 4) is 12.3 Å². The lowest BCUT2D eigenvalue weighted by Gasteiger charge is -2.38. The summed E-state index contributed by atoms with van der Waals surface area (Å²) in [6.45, 7) is 6.86. The molecule has 0 saturated carbocycles. The summed E-state index contributed by atoms with van der Waals surface area (Å²) in [5.74, 6) is -1.46. The van der Waals surface area contributed by atoms with Gasteiger partial charge in [-0.2, -0.15) is 0 Å². The molecule has 3 aliphatic heterocycles. The number of aromatic nitrogens is 1. The van der Waals surface area contributed by atoms with E-state index in [1.807, 2.05) is 0 Å². The van der Waals surface area contributed by atoms with Crippen molar-refractivity contribution in [1.82, 2.24) is 25.0 Å². The number of rotatable bonds is 9. The van der Waals surface area contributed by atoms with E-state index in [9.17, 15) is 28.3 Å². The number of carboxylic acid groups (broad SMARTS) is 1. The van der Waals surface area contributed by atoms with Crippen LogP contribution in [0.15, 0.2) is 40.0 Å². The number of terminal acetylenes is 1. The van der Waals surface area contributed by atoms with Gasteiger partial charge in [0.1, 0.15) is 6.04 Å². The third-order valence-electron chi connectivity index (χ3n) is 7.88. The smallest absolute Gasteiger partial charge is 0.338 e. The van der Waals surface area contributed by atoms with Gasteiger partial charge < -0.3 is 25.0 Å². The van der Waals surface area contributed by atoms with Gasteiger partial charge in [-0.3, -0.25) is 14.7 Å². The summed E-state index contributed by atoms with van der Waals surface area (Å²) in [5, 5.41) is 15.1. The van der Waals surface area contributed by atoms with E-state index < -0.39 is 35.0 Å². The maximum atomic E-state index is 14.9. The molecule has 0 radical (unpaired) electrons. The summed E-state index contributed by atoms with van der Waals surface area (Å²) in [5.41, 5.74) is -0.784. The highest BCUT2D eigenvalue weighted by Gasteiger charge is 2.44. The van der Waals surface area contributed by atoms with Crippen LogP contribution in [0.3, 0.4) is 0 Å². The van der Waals surface area contributed by atoms with Crippen LogP contribution in [0, 0.1) is 29.4 Å². The van der Waals surface area contributed by atoms with E-state index in [4.69, 9.17) is 16.2 Å². The molecule has 1 aromatic carbocycles. The van der Waals surface area contributed by atoms with Crippen molar-refractivity contribution in [2.75, 3.05) is 45.9 Å². The van der Waals surface area contributed by atoms with E-state index in [1.165, 1.54) is 17.4 Å². The number of urea groups is 1. The molecule has 0 spiro atoms. The minimum atomic E-state index is -1.21. The maximum absolute atomic E-state index is 14.9. The highest BCUT2D eigenvalue weighted by atomic mass is 32.1. The maximum Gasteiger partial charge on any atom is 0.338 e. The number of benzene rings is 1. The summed E-state index contributed by atoms with van der Waals surface area (Å²) >= 11 is 1.31. The van der Waals surface area contributed by atoms with Crippen LogP contribution >= 0.6 is 11.3 Å². The monoisotopic (exact) mass is 626 g/mol. The Kier molecular flexibility index (Phi) is 8.71. The molecule has 1 aromatic heterocycles. The first-order chi connectivity index (χ1) is 20.9. The van der Waals surface area contributed by atoms with Crippen molar-refractivity contribution < 1.29 is 33.0 Å². The number of fused-ring (bicyclic) bond motifs is 1. The molecular formula is C30H32F2N6O5S. The molecule has 1 unspecified atom stereocenters. The molecule has 2 N–H and O–H groups in total. The molecule has 2 saturated heterocycles. The van der Waals surface area contributed by atoms with Gasteiger partial charge in [0, 0.05) is 62.1 Å². The fraction of sp³-hybridized carbons (Fsp3) is 0.433. The minimum absolute atomic E-state index is 0.0660. The van der Waals surface area contributed by atoms with E-state index >= 15 is 0 Å². The standard InChI is InChI=1S/C30H32F2N6O5S/c1-5-18-19(7-8-20(31)23(18)32)24-22(27(39)43-6-2)21(34-25(35-24)26-33-9-12-44-26)15-36-10-11-38-17(13-36)14-37(29(38)42)16-30(3,4)28(40)41/h1,7-9,12,17,24H,6,10-11,13-16H2,2-4H3,(H,34,35)(H,40,41)/t17-,24?/m0/s1. The topological polar surface area (TPSA) is 128 Å². The molecule has 4 heterocycles. The first kappa shape index (κ1) is 31.1. The van der Waals surface area contributed by atoms with Gasteiger partial charge in [-0.05, 0) is 26.8 Å². The van der Waals surface area contributed by atoms with Gasteiger partial charge in [0.25, 0.3) is 0 Å². The summed E-state index contributed by atoms with van der Waals surface area (Å²) in [7, 11) is 0. The third-order valence-corrected chi connectivity index (χ3v) is 8.66. The Hall–Kier alpha value is -4.35. The minimum Gasteiger partial charge on any atom is -0.481 e. The van der Waals surface area contributed by atoms with Gasteiger partial charge in [0.05, 0.1) is 29.2 Å². The van der Waals surface area contributed by atoms with Crippen molar-refractivity contribution >= 4 is 35.1 Å². The number of carbonyl (C=O) groups is 3. The normalized spacial score (nSPS) is 20.6. The predicted molar refractivity (Wildman–Crippen MR) is 158 cm³/mol. The Morgan fingerprint density at radius 3 is 2.70 bits per heavy atom. The molecule has 0 aliphatic carbocycles. The Labute approximate surface area is 257 Å². The average molecular weight is 627 g/mol. The molecule has 2 amide bonds. The summed E-state index contributed by atoms with van der Waals surface area (Å²) < 4.78 is 34.4. The number of amides is 2. The van der Waals surface area contributed by atoms with Crippen LogP contribution in [-0.4, -0.2) is 101 Å². The van der Waals surface area contributed by atoms with Crippen molar-refractivity contribution in [3.63, 3.8) is 0 Å². The van der Waals surface area contributed by atoms with Crippen LogP contribution in [0.4, 0.5) is 13.6 Å². The fourth-order valence-electron chi connectivity index (χ4n) is 5.67. The Bertz CT molecular complexity index is 1580. The molecule has 14 heteroatoms. The first-order valence-electron chi connectivity index (χ1n) is 14.1.